The van der Waals surface area contributed by atoms with Crippen LogP contribution in [0, 0.1) is 7.14 Å². The second-order valence-corrected chi connectivity index (χ2v) is 15.5. The van der Waals surface area contributed by atoms with Crippen molar-refractivity contribution in [1.29, 1.82) is 0 Å². The number of hydrogen-bond donors (Lipinski definition) is 2. The summed E-state index contributed by atoms with van der Waals surface area (Å²) in [5.74, 6) is 0.0422. The van der Waals surface area contributed by atoms with E-state index in [0.717, 1.165) is 44.3 Å². The lowest BCUT2D eigenvalue weighted by atomic mass is 10.0. The van der Waals surface area contributed by atoms with Gasteiger partial charge in [0.15, 0.2) is 11.4 Å². The molecule has 1 amide bonds. The van der Waals surface area contributed by atoms with E-state index < -0.39 is 5.97 Å². The molecule has 0 aliphatic carbocycles. The number of ether oxygens (including phenoxy) is 2. The number of likely N-dealkylation sites (tertiary alicyclic amines) is 1. The molecule has 6 aromatic rings. The van der Waals surface area contributed by atoms with Gasteiger partial charge < -0.3 is 29.7 Å². The molecule has 4 aromatic carbocycles. The second kappa shape index (κ2) is 21.5. The topological polar surface area (TPSA) is 139 Å². The van der Waals surface area contributed by atoms with Crippen molar-refractivity contribution >= 4 is 80.3 Å². The van der Waals surface area contributed by atoms with Gasteiger partial charge in [0.1, 0.15) is 6.61 Å². The van der Waals surface area contributed by atoms with Crippen LogP contribution >= 0.6 is 45.2 Å². The number of pyridine rings is 1. The molecule has 2 aromatic heterocycles. The second-order valence-electron chi connectivity index (χ2n) is 13.0. The molecule has 0 atom stereocenters. The molecule has 1 fully saturated rings. The largest absolute Gasteiger partial charge is 0.485 e. The van der Waals surface area contributed by atoms with E-state index in [4.69, 9.17) is 14.6 Å². The lowest BCUT2D eigenvalue weighted by Gasteiger charge is -2.35. The predicted octanol–water partition coefficient (Wildman–Crippen LogP) is 8.68. The van der Waals surface area contributed by atoms with Gasteiger partial charge in [-0.1, -0.05) is 30.3 Å². The highest BCUT2D eigenvalue weighted by Crippen LogP contribution is 2.23. The molecule has 0 bridgehead atoms. The summed E-state index contributed by atoms with van der Waals surface area (Å²) in [4.78, 5) is 43.2. The fourth-order valence-corrected chi connectivity index (χ4v) is 6.47. The molecule has 296 valence electrons. The van der Waals surface area contributed by atoms with Crippen molar-refractivity contribution in [2.75, 3.05) is 39.1 Å². The minimum absolute atomic E-state index is 0.0529. The zero-order valence-corrected chi connectivity index (χ0v) is 36.2. The van der Waals surface area contributed by atoms with Crippen LogP contribution in [0.15, 0.2) is 121 Å². The Hall–Kier alpha value is -5.07. The molecular formula is C43H44I2N6O6. The van der Waals surface area contributed by atoms with Crippen molar-refractivity contribution in [3.8, 4) is 5.75 Å². The number of carbonyl (C=O) groups is 3. The zero-order valence-electron chi connectivity index (χ0n) is 31.8. The molecule has 1 saturated heterocycles. The first-order chi connectivity index (χ1) is 27.5. The van der Waals surface area contributed by atoms with Crippen LogP contribution in [0.2, 0.25) is 0 Å². The van der Waals surface area contributed by atoms with Crippen LogP contribution in [0.4, 0.5) is 11.6 Å². The summed E-state index contributed by atoms with van der Waals surface area (Å²) in [5.41, 5.74) is 4.15. The number of benzene rings is 4. The third-order valence-corrected chi connectivity index (χ3v) is 10.4. The quantitative estimate of drug-likeness (QED) is 0.101. The highest BCUT2D eigenvalue weighted by molar-refractivity contribution is 14.1. The number of aromatic carboxylic acids is 1. The number of carbonyl (C=O) groups excluding carboxylic acids is 2. The van der Waals surface area contributed by atoms with E-state index in [2.05, 4.69) is 72.5 Å². The minimum Gasteiger partial charge on any atom is -0.485 e. The normalized spacial score (nSPS) is 12.6. The number of piperidine rings is 1. The SMILES string of the molecule is CCOC(=O)c1ccc(I)cc1.CN1CCC(N(C)C(=O)c2ccc(Nc3nc4c(OCc5ccccc5)cccn4n3)cc2)CC1.O=C(O)c1ccc(I)cc1. The van der Waals surface area contributed by atoms with Crippen LogP contribution in [0.5, 0.6) is 5.75 Å². The number of halogens is 2. The first-order valence-corrected chi connectivity index (χ1v) is 20.4. The Balaban J connectivity index is 0.000000229. The number of fused-ring (bicyclic) bond motifs is 1. The van der Waals surface area contributed by atoms with Gasteiger partial charge in [0.2, 0.25) is 5.95 Å². The number of aromatic nitrogens is 3. The number of carboxylic acid groups (broad SMARTS) is 1. The smallest absolute Gasteiger partial charge is 0.338 e. The van der Waals surface area contributed by atoms with Gasteiger partial charge >= 0.3 is 11.9 Å². The Morgan fingerprint density at radius 1 is 0.825 bits per heavy atom. The molecule has 0 radical (unpaired) electrons. The third kappa shape index (κ3) is 13.0. The number of esters is 1. The molecule has 57 heavy (non-hydrogen) atoms. The van der Waals surface area contributed by atoms with Crippen LogP contribution in [0.1, 0.15) is 56.4 Å². The Morgan fingerprint density at radius 3 is 2.02 bits per heavy atom. The Kier molecular flexibility index (Phi) is 16.2. The van der Waals surface area contributed by atoms with Gasteiger partial charge in [-0.2, -0.15) is 4.98 Å². The number of nitrogens with zero attached hydrogens (tertiary/aromatic N) is 5. The average Bonchev–Trinajstić information content (AvgIpc) is 3.64. The lowest BCUT2D eigenvalue weighted by Crippen LogP contribution is -2.44. The maximum absolute atomic E-state index is 13.0. The Morgan fingerprint density at radius 2 is 1.42 bits per heavy atom. The maximum Gasteiger partial charge on any atom is 0.338 e. The number of hydrogen-bond acceptors (Lipinski definition) is 9. The summed E-state index contributed by atoms with van der Waals surface area (Å²) in [5, 5.41) is 16.2. The van der Waals surface area contributed by atoms with E-state index >= 15 is 0 Å². The average molecular weight is 995 g/mol. The monoisotopic (exact) mass is 994 g/mol. The van der Waals surface area contributed by atoms with Crippen molar-refractivity contribution in [3.63, 3.8) is 0 Å². The fourth-order valence-electron chi connectivity index (χ4n) is 5.75. The summed E-state index contributed by atoms with van der Waals surface area (Å²) in [6.45, 7) is 4.72. The van der Waals surface area contributed by atoms with Crippen molar-refractivity contribution in [1.82, 2.24) is 24.4 Å². The Bertz CT molecular complexity index is 2210. The van der Waals surface area contributed by atoms with Crippen LogP contribution < -0.4 is 10.1 Å². The van der Waals surface area contributed by atoms with Crippen molar-refractivity contribution in [2.45, 2.75) is 32.4 Å². The highest BCUT2D eigenvalue weighted by atomic mass is 127. The molecule has 0 saturated carbocycles. The number of rotatable bonds is 10. The first kappa shape index (κ1) is 43.1. The van der Waals surface area contributed by atoms with Gasteiger partial charge in [-0.05, 0) is 176 Å². The van der Waals surface area contributed by atoms with Gasteiger partial charge in [0.05, 0.1) is 17.7 Å². The molecule has 1 aliphatic rings. The van der Waals surface area contributed by atoms with Crippen LogP contribution in [-0.2, 0) is 11.3 Å². The standard InChI is InChI=1S/C27H30N6O2.C9H9IO2.C7H5IO2/c1-31-17-14-23(15-18-31)32(2)26(34)21-10-12-22(13-11-21)28-27-29-25-24(9-6-16-33(25)30-27)35-19-20-7-4-3-5-8-20;1-2-12-9(11)7-3-5-8(10)6-4-7;8-6-3-1-5(2-4-6)7(9)10/h3-13,16,23H,14-15,17-19H2,1-2H3,(H,28,30);3-6H,2H2,1H3;1-4H,(H,9,10). The molecular weight excluding hydrogens is 950 g/mol. The summed E-state index contributed by atoms with van der Waals surface area (Å²) in [7, 11) is 4.03. The molecule has 7 rings (SSSR count). The van der Waals surface area contributed by atoms with E-state index in [-0.39, 0.29) is 17.9 Å². The molecule has 14 heteroatoms. The first-order valence-electron chi connectivity index (χ1n) is 18.3. The van der Waals surface area contributed by atoms with Crippen LogP contribution in [0.25, 0.3) is 5.65 Å². The maximum atomic E-state index is 13.0. The van der Waals surface area contributed by atoms with Crippen LogP contribution in [-0.4, -0.2) is 87.2 Å². The van der Waals surface area contributed by atoms with Gasteiger partial charge in [0, 0.05) is 37.7 Å². The molecule has 12 nitrogen and oxygen atoms in total. The van der Waals surface area contributed by atoms with E-state index in [0.29, 0.717) is 47.2 Å². The molecule has 0 spiro atoms. The summed E-state index contributed by atoms with van der Waals surface area (Å²) >= 11 is 4.32. The van der Waals surface area contributed by atoms with E-state index in [1.54, 1.807) is 47.8 Å². The molecule has 2 N–H and O–H groups in total. The number of carboxylic acids is 1. The van der Waals surface area contributed by atoms with E-state index in [1.807, 2.05) is 97.0 Å². The molecule has 0 unspecified atom stereocenters. The summed E-state index contributed by atoms with van der Waals surface area (Å²) in [6.07, 6.45) is 3.85. The minimum atomic E-state index is -0.878. The van der Waals surface area contributed by atoms with Gasteiger partial charge in [-0.15, -0.1) is 5.10 Å². The molecule has 1 aliphatic heterocycles. The van der Waals surface area contributed by atoms with E-state index in [1.165, 1.54) is 0 Å². The zero-order chi connectivity index (χ0) is 40.7. The van der Waals surface area contributed by atoms with Crippen molar-refractivity contribution in [2.24, 2.45) is 0 Å². The fraction of sp³-hybridized carbons (Fsp3) is 0.233. The van der Waals surface area contributed by atoms with Crippen LogP contribution in [0.3, 0.4) is 0 Å². The van der Waals surface area contributed by atoms with Gasteiger partial charge in [0.25, 0.3) is 5.91 Å². The lowest BCUT2D eigenvalue weighted by molar-refractivity contribution is 0.0525. The van der Waals surface area contributed by atoms with Gasteiger partial charge in [-0.25, -0.2) is 14.1 Å². The number of nitrogens with one attached hydrogen (secondary N) is 1. The predicted molar refractivity (Wildman–Crippen MR) is 237 cm³/mol. The van der Waals surface area contributed by atoms with Crippen molar-refractivity contribution in [3.05, 3.63) is 151 Å². The van der Waals surface area contributed by atoms with Crippen molar-refractivity contribution < 1.29 is 29.0 Å². The Labute approximate surface area is 359 Å². The number of amides is 1. The van der Waals surface area contributed by atoms with Gasteiger partial charge in [-0.3, -0.25) is 4.79 Å². The molecule has 3 heterocycles. The number of anilines is 2. The third-order valence-electron chi connectivity index (χ3n) is 8.95. The summed E-state index contributed by atoms with van der Waals surface area (Å²) < 4.78 is 14.7. The van der Waals surface area contributed by atoms with E-state index in [9.17, 15) is 14.4 Å². The summed E-state index contributed by atoms with van der Waals surface area (Å²) in [6, 6.07) is 35.5. The highest BCUT2D eigenvalue weighted by Gasteiger charge is 2.24.